The lowest BCUT2D eigenvalue weighted by Gasteiger charge is -1.99. The summed E-state index contributed by atoms with van der Waals surface area (Å²) in [6, 6.07) is 0. The van der Waals surface area contributed by atoms with E-state index in [4.69, 9.17) is 0 Å². The molecule has 0 aliphatic heterocycles. The SMILES string of the molecule is CCCC(C)O[I+2]([O-])[O-]. The molecule has 0 fully saturated rings. The zero-order valence-corrected chi connectivity index (χ0v) is 7.75. The van der Waals surface area contributed by atoms with Crippen molar-refractivity contribution in [3.05, 3.63) is 0 Å². The molecule has 4 heteroatoms. The second-order valence-corrected chi connectivity index (χ2v) is 3.46. The van der Waals surface area contributed by atoms with E-state index >= 15 is 0 Å². The van der Waals surface area contributed by atoms with Gasteiger partial charge in [0.1, 0.15) is 6.10 Å². The van der Waals surface area contributed by atoms with Crippen LogP contribution in [0.3, 0.4) is 0 Å². The molecule has 0 heterocycles. The largest absolute Gasteiger partial charge is 0.506 e. The van der Waals surface area contributed by atoms with Crippen LogP contribution in [0.1, 0.15) is 26.7 Å². The molecule has 3 nitrogen and oxygen atoms in total. The standard InChI is InChI=1S/C5H11IO3/c1-3-4-5(2)9-6(7)8/h5H,3-4H2,1-2H3. The van der Waals surface area contributed by atoms with E-state index < -0.39 is 21.1 Å². The van der Waals surface area contributed by atoms with Crippen molar-refractivity contribution >= 4 is 0 Å². The van der Waals surface area contributed by atoms with E-state index in [0.717, 1.165) is 12.8 Å². The van der Waals surface area contributed by atoms with Crippen molar-refractivity contribution in [3.8, 4) is 0 Å². The summed E-state index contributed by atoms with van der Waals surface area (Å²) in [5, 5.41) is 0. The fourth-order valence-corrected chi connectivity index (χ4v) is 1.54. The fraction of sp³-hybridized carbons (Fsp3) is 1.00. The summed E-state index contributed by atoms with van der Waals surface area (Å²) in [5.41, 5.74) is 0. The first-order valence-electron chi connectivity index (χ1n) is 2.89. The molecule has 56 valence electrons. The molecule has 0 rings (SSSR count). The van der Waals surface area contributed by atoms with Gasteiger partial charge in [0.25, 0.3) is 0 Å². The summed E-state index contributed by atoms with van der Waals surface area (Å²) in [4.78, 5) is 0. The summed E-state index contributed by atoms with van der Waals surface area (Å²) in [6.07, 6.45) is 1.67. The topological polar surface area (TPSA) is 55.3 Å². The van der Waals surface area contributed by atoms with Gasteiger partial charge in [-0.3, -0.25) is 0 Å². The quantitative estimate of drug-likeness (QED) is 0.479. The molecule has 0 aromatic rings. The van der Waals surface area contributed by atoms with Crippen LogP contribution in [0, 0.1) is 0 Å². The first-order valence-corrected chi connectivity index (χ1v) is 5.53. The van der Waals surface area contributed by atoms with Gasteiger partial charge < -0.3 is 6.87 Å². The Labute approximate surface area is 64.1 Å². The second kappa shape index (κ2) is 5.40. The molecular formula is C5H11IO3. The van der Waals surface area contributed by atoms with Gasteiger partial charge >= 0.3 is 21.1 Å². The maximum atomic E-state index is 9.99. The highest BCUT2D eigenvalue weighted by atomic mass is 127. The van der Waals surface area contributed by atoms with Gasteiger partial charge in [-0.25, -0.2) is 0 Å². The normalized spacial score (nSPS) is 14.3. The summed E-state index contributed by atoms with van der Waals surface area (Å²) in [7, 11) is 0. The van der Waals surface area contributed by atoms with Crippen molar-refractivity contribution in [3.63, 3.8) is 0 Å². The van der Waals surface area contributed by atoms with E-state index in [9.17, 15) is 6.87 Å². The van der Waals surface area contributed by atoms with Crippen molar-refractivity contribution in [2.24, 2.45) is 0 Å². The number of halogens is 1. The van der Waals surface area contributed by atoms with Crippen molar-refractivity contribution in [2.45, 2.75) is 32.8 Å². The Hall–Kier alpha value is 0.610. The van der Waals surface area contributed by atoms with Gasteiger partial charge in [-0.15, -0.1) is 0 Å². The zero-order chi connectivity index (χ0) is 7.28. The Morgan fingerprint density at radius 2 is 2.11 bits per heavy atom. The Bertz CT molecular complexity index is 67.2. The van der Waals surface area contributed by atoms with Crippen LogP contribution < -0.4 is 27.9 Å². The van der Waals surface area contributed by atoms with Gasteiger partial charge in [0, 0.05) is 0 Å². The number of rotatable bonds is 4. The van der Waals surface area contributed by atoms with E-state index in [1.165, 1.54) is 0 Å². The average Bonchev–Trinajstić information content (AvgIpc) is 1.63. The molecular weight excluding hydrogens is 235 g/mol. The van der Waals surface area contributed by atoms with Crippen molar-refractivity contribution in [1.29, 1.82) is 0 Å². The minimum absolute atomic E-state index is 0.116. The minimum Gasteiger partial charge on any atom is -0.396 e. The number of hydrogen-bond donors (Lipinski definition) is 0. The Morgan fingerprint density at radius 3 is 2.44 bits per heavy atom. The Morgan fingerprint density at radius 1 is 1.56 bits per heavy atom. The summed E-state index contributed by atoms with van der Waals surface area (Å²) in [6.45, 7) is 3.76. The van der Waals surface area contributed by atoms with Crippen LogP contribution in [0.25, 0.3) is 0 Å². The van der Waals surface area contributed by atoms with Crippen molar-refractivity contribution in [1.82, 2.24) is 0 Å². The average molecular weight is 246 g/mol. The monoisotopic (exact) mass is 246 g/mol. The highest BCUT2D eigenvalue weighted by Gasteiger charge is 2.17. The molecule has 9 heavy (non-hydrogen) atoms. The van der Waals surface area contributed by atoms with Crippen LogP contribution in [0.4, 0.5) is 0 Å². The molecule has 0 aromatic carbocycles. The van der Waals surface area contributed by atoms with Gasteiger partial charge in [0.15, 0.2) is 0 Å². The zero-order valence-electron chi connectivity index (χ0n) is 5.59. The predicted molar refractivity (Wildman–Crippen MR) is 25.5 cm³/mol. The lowest BCUT2D eigenvalue weighted by Crippen LogP contribution is -3.99. The number of hydrogen-bond acceptors (Lipinski definition) is 3. The lowest BCUT2D eigenvalue weighted by molar-refractivity contribution is -1.63. The van der Waals surface area contributed by atoms with Gasteiger partial charge in [-0.2, -0.15) is 0 Å². The Kier molecular flexibility index (Phi) is 5.77. The lowest BCUT2D eigenvalue weighted by atomic mass is 10.2. The third-order valence-electron chi connectivity index (χ3n) is 0.920. The molecule has 0 bridgehead atoms. The second-order valence-electron chi connectivity index (χ2n) is 1.88. The van der Waals surface area contributed by atoms with Crippen molar-refractivity contribution < 1.29 is 31.0 Å². The summed E-state index contributed by atoms with van der Waals surface area (Å²) in [5.74, 6) is 0. The first-order chi connectivity index (χ1) is 4.16. The van der Waals surface area contributed by atoms with Gasteiger partial charge in [-0.1, -0.05) is 13.3 Å². The van der Waals surface area contributed by atoms with Crippen LogP contribution in [-0.2, 0) is 3.07 Å². The maximum Gasteiger partial charge on any atom is 0.506 e. The molecule has 0 aliphatic rings. The smallest absolute Gasteiger partial charge is 0.396 e. The van der Waals surface area contributed by atoms with E-state index in [-0.39, 0.29) is 6.10 Å². The predicted octanol–water partition coefficient (Wildman–Crippen LogP) is -3.72. The molecule has 0 aliphatic carbocycles. The summed E-state index contributed by atoms with van der Waals surface area (Å²) < 4.78 is 24.5. The van der Waals surface area contributed by atoms with Crippen LogP contribution in [-0.4, -0.2) is 6.10 Å². The molecule has 0 radical (unpaired) electrons. The first kappa shape index (κ1) is 9.61. The molecule has 0 spiro atoms. The fourth-order valence-electron chi connectivity index (χ4n) is 0.575. The van der Waals surface area contributed by atoms with Gasteiger partial charge in [-0.05, 0) is 16.4 Å². The Balaban J connectivity index is 3.15. The van der Waals surface area contributed by atoms with E-state index in [1.54, 1.807) is 6.92 Å². The van der Waals surface area contributed by atoms with E-state index in [1.807, 2.05) is 6.92 Å². The van der Waals surface area contributed by atoms with Crippen LogP contribution in [0.5, 0.6) is 0 Å². The molecule has 1 atom stereocenters. The molecule has 0 saturated heterocycles. The van der Waals surface area contributed by atoms with Gasteiger partial charge in [0.05, 0.1) is 0 Å². The third kappa shape index (κ3) is 6.50. The van der Waals surface area contributed by atoms with Crippen LogP contribution in [0.2, 0.25) is 0 Å². The maximum absolute atomic E-state index is 9.99. The molecule has 0 saturated carbocycles. The molecule has 0 aromatic heterocycles. The molecule has 0 amide bonds. The summed E-state index contributed by atoms with van der Waals surface area (Å²) >= 11 is -3.41. The van der Waals surface area contributed by atoms with Gasteiger partial charge in [0.2, 0.25) is 0 Å². The third-order valence-corrected chi connectivity index (χ3v) is 2.20. The highest BCUT2D eigenvalue weighted by Crippen LogP contribution is 1.94. The highest BCUT2D eigenvalue weighted by molar-refractivity contribution is 4.42. The van der Waals surface area contributed by atoms with Crippen LogP contribution in [0.15, 0.2) is 0 Å². The minimum atomic E-state index is -3.41. The molecule has 0 N–H and O–H groups in total. The van der Waals surface area contributed by atoms with E-state index in [2.05, 4.69) is 3.07 Å². The molecule has 1 unspecified atom stereocenters. The van der Waals surface area contributed by atoms with Crippen molar-refractivity contribution in [2.75, 3.05) is 0 Å². The van der Waals surface area contributed by atoms with Crippen LogP contribution >= 0.6 is 0 Å². The van der Waals surface area contributed by atoms with E-state index in [0.29, 0.717) is 0 Å².